The van der Waals surface area contributed by atoms with Crippen molar-refractivity contribution in [3.63, 3.8) is 0 Å². The summed E-state index contributed by atoms with van der Waals surface area (Å²) < 4.78 is 2.24. The zero-order valence-corrected chi connectivity index (χ0v) is 16.5. The van der Waals surface area contributed by atoms with E-state index in [2.05, 4.69) is 105 Å². The normalized spacial score (nSPS) is 10.9. The Bertz CT molecular complexity index is 1030. The zero-order chi connectivity index (χ0) is 16.5. The molecule has 3 heteroatoms. The van der Waals surface area contributed by atoms with Gasteiger partial charge in [0.1, 0.15) is 0 Å². The lowest BCUT2D eigenvalue weighted by atomic mass is 9.98. The topological polar surface area (TPSA) is 12.9 Å². The van der Waals surface area contributed by atoms with Crippen LogP contribution in [0, 0.1) is 3.57 Å². The van der Waals surface area contributed by atoms with E-state index in [0.29, 0.717) is 0 Å². The summed E-state index contributed by atoms with van der Waals surface area (Å²) in [5, 5.41) is 1.19. The smallest absolute Gasteiger partial charge is 0.0849 e. The van der Waals surface area contributed by atoms with Gasteiger partial charge in [0.15, 0.2) is 0 Å². The Labute approximate surface area is 163 Å². The molecule has 1 aromatic heterocycles. The fraction of sp³-hybridized carbons (Fsp3) is 0. The largest absolute Gasteiger partial charge is 0.247 e. The van der Waals surface area contributed by atoms with E-state index < -0.39 is 0 Å². The third-order valence-electron chi connectivity index (χ3n) is 3.99. The minimum absolute atomic E-state index is 1.02. The summed E-state index contributed by atoms with van der Waals surface area (Å²) in [5.41, 5.74) is 5.63. The average Bonchev–Trinajstić information content (AvgIpc) is 2.62. The Hall–Kier alpha value is -1.72. The quantitative estimate of drug-likeness (QED) is 0.280. The Morgan fingerprint density at radius 1 is 0.750 bits per heavy atom. The van der Waals surface area contributed by atoms with Crippen LogP contribution in [0.5, 0.6) is 0 Å². The van der Waals surface area contributed by atoms with Gasteiger partial charge in [0.05, 0.1) is 11.2 Å². The van der Waals surface area contributed by atoms with Gasteiger partial charge >= 0.3 is 0 Å². The molecule has 0 bridgehead atoms. The number of benzene rings is 3. The van der Waals surface area contributed by atoms with E-state index in [-0.39, 0.29) is 0 Å². The number of halogens is 2. The highest BCUT2D eigenvalue weighted by molar-refractivity contribution is 14.1. The fourth-order valence-corrected chi connectivity index (χ4v) is 4.34. The van der Waals surface area contributed by atoms with Gasteiger partial charge in [-0.05, 0) is 46.4 Å². The third kappa shape index (κ3) is 2.87. The summed E-state index contributed by atoms with van der Waals surface area (Å²) in [6, 6.07) is 27.2. The first kappa shape index (κ1) is 15.8. The van der Waals surface area contributed by atoms with E-state index in [4.69, 9.17) is 4.98 Å². The first-order valence-electron chi connectivity index (χ1n) is 7.63. The van der Waals surface area contributed by atoms with Crippen molar-refractivity contribution < 1.29 is 0 Å². The summed E-state index contributed by atoms with van der Waals surface area (Å²) in [4.78, 5) is 4.94. The molecular weight excluding hydrogens is 473 g/mol. The van der Waals surface area contributed by atoms with Gasteiger partial charge in [-0.15, -0.1) is 0 Å². The van der Waals surface area contributed by atoms with Crippen molar-refractivity contribution in [1.82, 2.24) is 4.98 Å². The van der Waals surface area contributed by atoms with Crippen molar-refractivity contribution in [3.05, 3.63) is 86.9 Å². The average molecular weight is 486 g/mol. The maximum Gasteiger partial charge on any atom is 0.0849 e. The molecule has 1 nitrogen and oxygen atoms in total. The molecule has 3 aromatic carbocycles. The van der Waals surface area contributed by atoms with Crippen LogP contribution in [0.25, 0.3) is 33.3 Å². The molecule has 0 unspecified atom stereocenters. The molecule has 0 spiro atoms. The van der Waals surface area contributed by atoms with Crippen LogP contribution in [0.1, 0.15) is 0 Å². The number of fused-ring (bicyclic) bond motifs is 1. The molecule has 0 aliphatic carbocycles. The van der Waals surface area contributed by atoms with Crippen molar-refractivity contribution in [2.45, 2.75) is 0 Å². The van der Waals surface area contributed by atoms with E-state index in [0.717, 1.165) is 21.2 Å². The van der Waals surface area contributed by atoms with Gasteiger partial charge < -0.3 is 0 Å². The SMILES string of the molecule is Brc1cccc(-c2nc3ccccc3c(-c3ccccc3)c2I)c1. The van der Waals surface area contributed by atoms with Gasteiger partial charge in [-0.2, -0.15) is 0 Å². The maximum absolute atomic E-state index is 4.94. The number of hydrogen-bond acceptors (Lipinski definition) is 1. The van der Waals surface area contributed by atoms with Crippen molar-refractivity contribution in [1.29, 1.82) is 0 Å². The lowest BCUT2D eigenvalue weighted by Crippen LogP contribution is -1.95. The first-order valence-corrected chi connectivity index (χ1v) is 9.51. The molecule has 0 aliphatic rings. The van der Waals surface area contributed by atoms with E-state index in [1.165, 1.54) is 20.1 Å². The molecule has 0 saturated heterocycles. The molecule has 0 fully saturated rings. The molecule has 0 N–H and O–H groups in total. The predicted octanol–water partition coefficient (Wildman–Crippen LogP) is 6.94. The van der Waals surface area contributed by atoms with Crippen LogP contribution in [0.2, 0.25) is 0 Å². The fourth-order valence-electron chi connectivity index (χ4n) is 2.90. The number of para-hydroxylation sites is 1. The van der Waals surface area contributed by atoms with Crippen molar-refractivity contribution in [3.8, 4) is 22.4 Å². The Morgan fingerprint density at radius 3 is 2.25 bits per heavy atom. The van der Waals surface area contributed by atoms with Crippen molar-refractivity contribution in [2.75, 3.05) is 0 Å². The molecule has 4 rings (SSSR count). The second-order valence-electron chi connectivity index (χ2n) is 5.54. The van der Waals surface area contributed by atoms with Crippen LogP contribution in [0.3, 0.4) is 0 Å². The molecule has 0 aliphatic heterocycles. The van der Waals surface area contributed by atoms with Gasteiger partial charge in [-0.1, -0.05) is 76.6 Å². The third-order valence-corrected chi connectivity index (χ3v) is 5.54. The van der Waals surface area contributed by atoms with Gasteiger partial charge in [0.25, 0.3) is 0 Å². The maximum atomic E-state index is 4.94. The molecule has 24 heavy (non-hydrogen) atoms. The van der Waals surface area contributed by atoms with Gasteiger partial charge in [-0.3, -0.25) is 0 Å². The molecule has 0 atom stereocenters. The molecule has 0 amide bonds. The number of hydrogen-bond donors (Lipinski definition) is 0. The number of rotatable bonds is 2. The highest BCUT2D eigenvalue weighted by atomic mass is 127. The lowest BCUT2D eigenvalue weighted by Gasteiger charge is -2.14. The number of pyridine rings is 1. The molecule has 0 radical (unpaired) electrons. The first-order chi connectivity index (χ1) is 11.7. The number of nitrogens with zero attached hydrogens (tertiary/aromatic N) is 1. The number of aromatic nitrogens is 1. The van der Waals surface area contributed by atoms with Crippen molar-refractivity contribution in [2.24, 2.45) is 0 Å². The summed E-state index contributed by atoms with van der Waals surface area (Å²) >= 11 is 6.00. The summed E-state index contributed by atoms with van der Waals surface area (Å²) in [6.45, 7) is 0. The van der Waals surface area contributed by atoms with Gasteiger partial charge in [0.2, 0.25) is 0 Å². The van der Waals surface area contributed by atoms with Crippen LogP contribution in [-0.4, -0.2) is 4.98 Å². The van der Waals surface area contributed by atoms with E-state index in [1.807, 2.05) is 12.1 Å². The predicted molar refractivity (Wildman–Crippen MR) is 113 cm³/mol. The van der Waals surface area contributed by atoms with Crippen LogP contribution < -0.4 is 0 Å². The van der Waals surface area contributed by atoms with Crippen LogP contribution in [-0.2, 0) is 0 Å². The van der Waals surface area contributed by atoms with E-state index >= 15 is 0 Å². The second-order valence-corrected chi connectivity index (χ2v) is 7.54. The zero-order valence-electron chi connectivity index (χ0n) is 12.7. The second kappa shape index (κ2) is 6.65. The van der Waals surface area contributed by atoms with E-state index in [1.54, 1.807) is 0 Å². The summed E-state index contributed by atoms with van der Waals surface area (Å²) in [7, 11) is 0. The summed E-state index contributed by atoms with van der Waals surface area (Å²) in [5.74, 6) is 0. The van der Waals surface area contributed by atoms with Crippen LogP contribution >= 0.6 is 38.5 Å². The van der Waals surface area contributed by atoms with Crippen LogP contribution in [0.15, 0.2) is 83.3 Å². The summed E-state index contributed by atoms with van der Waals surface area (Å²) in [6.07, 6.45) is 0. The molecule has 116 valence electrons. The minimum atomic E-state index is 1.02. The highest BCUT2D eigenvalue weighted by Crippen LogP contribution is 2.38. The van der Waals surface area contributed by atoms with Gasteiger partial charge in [-0.25, -0.2) is 4.98 Å². The Balaban J connectivity index is 2.09. The molecule has 1 heterocycles. The minimum Gasteiger partial charge on any atom is -0.247 e. The van der Waals surface area contributed by atoms with E-state index in [9.17, 15) is 0 Å². The standard InChI is InChI=1S/C21H13BrIN/c22-16-10-6-9-15(13-16)21-20(23)19(14-7-2-1-3-8-14)17-11-4-5-12-18(17)24-21/h1-13H. The monoisotopic (exact) mass is 485 g/mol. The van der Waals surface area contributed by atoms with Gasteiger partial charge in [0, 0.05) is 24.6 Å². The molecular formula is C21H13BrIN. The van der Waals surface area contributed by atoms with Crippen molar-refractivity contribution >= 4 is 49.4 Å². The Morgan fingerprint density at radius 2 is 1.46 bits per heavy atom. The van der Waals surface area contributed by atoms with Crippen LogP contribution in [0.4, 0.5) is 0 Å². The molecule has 0 saturated carbocycles. The molecule has 4 aromatic rings. The lowest BCUT2D eigenvalue weighted by molar-refractivity contribution is 1.37. The highest BCUT2D eigenvalue weighted by Gasteiger charge is 2.15. The Kier molecular flexibility index (Phi) is 4.37.